The molecule has 3 N–H and O–H groups in total. The molecular formula is C16H28N2O3. The van der Waals surface area contributed by atoms with E-state index in [-0.39, 0.29) is 6.61 Å². The maximum absolute atomic E-state index is 8.66. The highest BCUT2D eigenvalue weighted by atomic mass is 16.5. The van der Waals surface area contributed by atoms with Crippen molar-refractivity contribution in [3.63, 3.8) is 0 Å². The van der Waals surface area contributed by atoms with Gasteiger partial charge in [-0.3, -0.25) is 0 Å². The molecule has 5 nitrogen and oxygen atoms in total. The van der Waals surface area contributed by atoms with Crippen LogP contribution in [0.25, 0.3) is 0 Å². The highest BCUT2D eigenvalue weighted by Crippen LogP contribution is 2.28. The lowest BCUT2D eigenvalue weighted by Gasteiger charge is -2.13. The maximum atomic E-state index is 8.66. The van der Waals surface area contributed by atoms with E-state index >= 15 is 0 Å². The molecule has 0 heterocycles. The van der Waals surface area contributed by atoms with E-state index < -0.39 is 0 Å². The van der Waals surface area contributed by atoms with Gasteiger partial charge in [0, 0.05) is 26.2 Å². The number of aliphatic hydroxyl groups is 1. The first kappa shape index (κ1) is 17.8. The van der Waals surface area contributed by atoms with E-state index in [1.54, 1.807) is 0 Å². The SMILES string of the molecule is CCCOc1ccc(CNCCNCCO)cc1OCC. The predicted octanol–water partition coefficient (Wildman–Crippen LogP) is 1.55. The Bertz CT molecular complexity index is 386. The summed E-state index contributed by atoms with van der Waals surface area (Å²) in [7, 11) is 0. The number of rotatable bonds is 12. The lowest BCUT2D eigenvalue weighted by atomic mass is 10.2. The number of hydrogen-bond acceptors (Lipinski definition) is 5. The van der Waals surface area contributed by atoms with Crippen molar-refractivity contribution in [2.45, 2.75) is 26.8 Å². The molecule has 1 aromatic carbocycles. The van der Waals surface area contributed by atoms with Crippen LogP contribution in [0.1, 0.15) is 25.8 Å². The van der Waals surface area contributed by atoms with E-state index in [1.165, 1.54) is 5.56 Å². The van der Waals surface area contributed by atoms with Gasteiger partial charge in [0.25, 0.3) is 0 Å². The van der Waals surface area contributed by atoms with E-state index in [1.807, 2.05) is 19.1 Å². The van der Waals surface area contributed by atoms with Crippen LogP contribution < -0.4 is 20.1 Å². The summed E-state index contributed by atoms with van der Waals surface area (Å²) in [5.74, 6) is 1.62. The van der Waals surface area contributed by atoms with Gasteiger partial charge in [0.1, 0.15) is 0 Å². The first-order chi connectivity index (χ1) is 10.3. The average molecular weight is 296 g/mol. The average Bonchev–Trinajstić information content (AvgIpc) is 2.50. The molecule has 0 bridgehead atoms. The Morgan fingerprint density at radius 3 is 2.52 bits per heavy atom. The Hall–Kier alpha value is -1.30. The van der Waals surface area contributed by atoms with Crippen LogP contribution in [-0.4, -0.2) is 44.6 Å². The topological polar surface area (TPSA) is 62.8 Å². The molecule has 0 aromatic heterocycles. The summed E-state index contributed by atoms with van der Waals surface area (Å²) < 4.78 is 11.3. The van der Waals surface area contributed by atoms with Gasteiger partial charge in [0.15, 0.2) is 11.5 Å². The highest BCUT2D eigenvalue weighted by Gasteiger charge is 2.06. The molecule has 0 aliphatic rings. The second kappa shape index (κ2) is 11.4. The van der Waals surface area contributed by atoms with Crippen LogP contribution in [0.5, 0.6) is 11.5 Å². The zero-order valence-corrected chi connectivity index (χ0v) is 13.2. The van der Waals surface area contributed by atoms with Crippen LogP contribution in [-0.2, 0) is 6.54 Å². The third-order valence-corrected chi connectivity index (χ3v) is 2.87. The first-order valence-electron chi connectivity index (χ1n) is 7.72. The standard InChI is InChI=1S/C16H28N2O3/c1-3-11-21-15-6-5-14(12-16(15)20-4-2)13-18-8-7-17-9-10-19/h5-6,12,17-19H,3-4,7-11,13H2,1-2H3. The van der Waals surface area contributed by atoms with Crippen molar-refractivity contribution in [1.82, 2.24) is 10.6 Å². The van der Waals surface area contributed by atoms with Crippen molar-refractivity contribution in [3.05, 3.63) is 23.8 Å². The first-order valence-corrected chi connectivity index (χ1v) is 7.72. The van der Waals surface area contributed by atoms with Gasteiger partial charge >= 0.3 is 0 Å². The van der Waals surface area contributed by atoms with E-state index in [0.717, 1.165) is 37.6 Å². The fourth-order valence-electron chi connectivity index (χ4n) is 1.88. The maximum Gasteiger partial charge on any atom is 0.161 e. The van der Waals surface area contributed by atoms with Crippen LogP contribution >= 0.6 is 0 Å². The number of ether oxygens (including phenoxy) is 2. The Morgan fingerprint density at radius 2 is 1.81 bits per heavy atom. The van der Waals surface area contributed by atoms with Gasteiger partial charge in [-0.15, -0.1) is 0 Å². The number of benzene rings is 1. The van der Waals surface area contributed by atoms with Gasteiger partial charge in [-0.1, -0.05) is 13.0 Å². The van der Waals surface area contributed by atoms with E-state index in [0.29, 0.717) is 19.8 Å². The molecule has 0 unspecified atom stereocenters. The smallest absolute Gasteiger partial charge is 0.161 e. The van der Waals surface area contributed by atoms with Crippen molar-refractivity contribution < 1.29 is 14.6 Å². The van der Waals surface area contributed by atoms with Crippen molar-refractivity contribution >= 4 is 0 Å². The highest BCUT2D eigenvalue weighted by molar-refractivity contribution is 5.43. The van der Waals surface area contributed by atoms with Gasteiger partial charge < -0.3 is 25.2 Å². The van der Waals surface area contributed by atoms with Gasteiger partial charge in [-0.05, 0) is 31.0 Å². The van der Waals surface area contributed by atoms with Crippen molar-refractivity contribution in [2.75, 3.05) is 39.5 Å². The molecule has 0 radical (unpaired) electrons. The number of aliphatic hydroxyl groups excluding tert-OH is 1. The molecule has 1 aromatic rings. The minimum absolute atomic E-state index is 0.178. The molecule has 120 valence electrons. The Labute approximate surface area is 127 Å². The van der Waals surface area contributed by atoms with Gasteiger partial charge in [0.05, 0.1) is 19.8 Å². The molecule has 0 saturated carbocycles. The fourth-order valence-corrected chi connectivity index (χ4v) is 1.88. The minimum Gasteiger partial charge on any atom is -0.490 e. The molecule has 21 heavy (non-hydrogen) atoms. The van der Waals surface area contributed by atoms with E-state index in [9.17, 15) is 0 Å². The summed E-state index contributed by atoms with van der Waals surface area (Å²) >= 11 is 0. The van der Waals surface area contributed by atoms with Crippen molar-refractivity contribution in [2.24, 2.45) is 0 Å². The molecule has 0 aliphatic carbocycles. The largest absolute Gasteiger partial charge is 0.490 e. The van der Waals surface area contributed by atoms with Gasteiger partial charge in [-0.25, -0.2) is 0 Å². The zero-order valence-electron chi connectivity index (χ0n) is 13.2. The van der Waals surface area contributed by atoms with Crippen LogP contribution in [0, 0.1) is 0 Å². The molecule has 0 amide bonds. The molecule has 0 atom stereocenters. The quantitative estimate of drug-likeness (QED) is 0.511. The second-order valence-electron chi connectivity index (χ2n) is 4.71. The molecule has 0 spiro atoms. The van der Waals surface area contributed by atoms with Crippen molar-refractivity contribution in [3.8, 4) is 11.5 Å². The minimum atomic E-state index is 0.178. The molecule has 5 heteroatoms. The lowest BCUT2D eigenvalue weighted by Crippen LogP contribution is -2.28. The lowest BCUT2D eigenvalue weighted by molar-refractivity contribution is 0.276. The van der Waals surface area contributed by atoms with Gasteiger partial charge in [-0.2, -0.15) is 0 Å². The van der Waals surface area contributed by atoms with E-state index in [2.05, 4.69) is 23.6 Å². The summed E-state index contributed by atoms with van der Waals surface area (Å²) in [4.78, 5) is 0. The molecule has 1 rings (SSSR count). The summed E-state index contributed by atoms with van der Waals surface area (Å²) in [6.45, 7) is 8.70. The fraction of sp³-hybridized carbons (Fsp3) is 0.625. The Balaban J connectivity index is 2.45. The Morgan fingerprint density at radius 1 is 1.00 bits per heavy atom. The van der Waals surface area contributed by atoms with E-state index in [4.69, 9.17) is 14.6 Å². The predicted molar refractivity (Wildman–Crippen MR) is 85.1 cm³/mol. The number of hydrogen-bond donors (Lipinski definition) is 3. The van der Waals surface area contributed by atoms with Crippen LogP contribution in [0.15, 0.2) is 18.2 Å². The Kier molecular flexibility index (Phi) is 9.61. The van der Waals surface area contributed by atoms with Crippen LogP contribution in [0.4, 0.5) is 0 Å². The zero-order chi connectivity index (χ0) is 15.3. The summed E-state index contributed by atoms with van der Waals surface area (Å²) in [5, 5.41) is 15.1. The molecule has 0 saturated heterocycles. The second-order valence-corrected chi connectivity index (χ2v) is 4.71. The third kappa shape index (κ3) is 7.32. The molecule has 0 aliphatic heterocycles. The summed E-state index contributed by atoms with van der Waals surface area (Å²) in [5.41, 5.74) is 1.17. The molecular weight excluding hydrogens is 268 g/mol. The van der Waals surface area contributed by atoms with Gasteiger partial charge in [0.2, 0.25) is 0 Å². The van der Waals surface area contributed by atoms with Crippen molar-refractivity contribution in [1.29, 1.82) is 0 Å². The molecule has 0 fully saturated rings. The van der Waals surface area contributed by atoms with Crippen LogP contribution in [0.2, 0.25) is 0 Å². The normalized spacial score (nSPS) is 10.6. The number of nitrogens with one attached hydrogen (secondary N) is 2. The monoisotopic (exact) mass is 296 g/mol. The van der Waals surface area contributed by atoms with Crippen LogP contribution in [0.3, 0.4) is 0 Å². The third-order valence-electron chi connectivity index (χ3n) is 2.87. The summed E-state index contributed by atoms with van der Waals surface area (Å²) in [6.07, 6.45) is 0.982. The summed E-state index contributed by atoms with van der Waals surface area (Å²) in [6, 6.07) is 6.06.